The van der Waals surface area contributed by atoms with Crippen LogP contribution in [0.2, 0.25) is 0 Å². The van der Waals surface area contributed by atoms with E-state index in [1.165, 1.54) is 64.5 Å². The summed E-state index contributed by atoms with van der Waals surface area (Å²) < 4.78 is 0. The van der Waals surface area contributed by atoms with Gasteiger partial charge in [-0.05, 0) is 45.1 Å². The minimum Gasteiger partial charge on any atom is -0.298 e. The van der Waals surface area contributed by atoms with E-state index >= 15 is 0 Å². The van der Waals surface area contributed by atoms with Gasteiger partial charge in [-0.25, -0.2) is 0 Å². The predicted octanol–water partition coefficient (Wildman–Crippen LogP) is 4.86. The largest absolute Gasteiger partial charge is 0.298 e. The van der Waals surface area contributed by atoms with E-state index in [9.17, 15) is 0 Å². The van der Waals surface area contributed by atoms with Gasteiger partial charge in [-0.1, -0.05) is 46.5 Å². The van der Waals surface area contributed by atoms with Crippen molar-refractivity contribution in [1.82, 2.24) is 4.90 Å². The monoisotopic (exact) mass is 239 g/mol. The molecule has 0 N–H and O–H groups in total. The Bertz CT molecular complexity index is 202. The van der Waals surface area contributed by atoms with Gasteiger partial charge in [-0.2, -0.15) is 0 Å². The number of nitrogens with zero attached hydrogens (tertiary/aromatic N) is 1. The van der Waals surface area contributed by atoms with E-state index in [-0.39, 0.29) is 0 Å². The van der Waals surface area contributed by atoms with Gasteiger partial charge in [0.25, 0.3) is 0 Å². The van der Waals surface area contributed by atoms with E-state index in [1.54, 1.807) is 0 Å². The third kappa shape index (κ3) is 4.62. The molecule has 1 saturated heterocycles. The molecule has 102 valence electrons. The van der Waals surface area contributed by atoms with Crippen LogP contribution in [0.3, 0.4) is 0 Å². The van der Waals surface area contributed by atoms with Crippen molar-refractivity contribution in [3.05, 3.63) is 0 Å². The van der Waals surface area contributed by atoms with E-state index in [0.29, 0.717) is 5.54 Å². The van der Waals surface area contributed by atoms with Crippen LogP contribution in [0.1, 0.15) is 79.1 Å². The van der Waals surface area contributed by atoms with E-state index in [4.69, 9.17) is 0 Å². The highest BCUT2D eigenvalue weighted by atomic mass is 15.2. The van der Waals surface area contributed by atoms with Crippen molar-refractivity contribution in [2.24, 2.45) is 5.92 Å². The molecule has 1 aliphatic rings. The zero-order valence-corrected chi connectivity index (χ0v) is 12.6. The molecule has 0 aliphatic carbocycles. The summed E-state index contributed by atoms with van der Waals surface area (Å²) in [6.45, 7) is 12.3. The number of likely N-dealkylation sites (tertiary alicyclic amines) is 1. The minimum atomic E-state index is 0.475. The Morgan fingerprint density at radius 3 is 2.53 bits per heavy atom. The summed E-state index contributed by atoms with van der Waals surface area (Å²) in [6.07, 6.45) is 11.2. The molecule has 17 heavy (non-hydrogen) atoms. The van der Waals surface area contributed by atoms with E-state index in [0.717, 1.165) is 5.92 Å². The Kier molecular flexibility index (Phi) is 6.54. The number of hydrogen-bond acceptors (Lipinski definition) is 1. The fourth-order valence-corrected chi connectivity index (χ4v) is 3.17. The zero-order valence-electron chi connectivity index (χ0n) is 12.6. The maximum Gasteiger partial charge on any atom is 0.0178 e. The van der Waals surface area contributed by atoms with Gasteiger partial charge in [0, 0.05) is 12.1 Å². The number of unbranched alkanes of at least 4 members (excludes halogenated alkanes) is 3. The van der Waals surface area contributed by atoms with Gasteiger partial charge in [-0.3, -0.25) is 4.90 Å². The van der Waals surface area contributed by atoms with Crippen LogP contribution in [0.5, 0.6) is 0 Å². The molecule has 0 aromatic carbocycles. The van der Waals surface area contributed by atoms with Crippen molar-refractivity contribution in [3.8, 4) is 0 Å². The lowest BCUT2D eigenvalue weighted by Gasteiger charge is -2.45. The summed E-state index contributed by atoms with van der Waals surface area (Å²) in [5.41, 5.74) is 0.475. The molecule has 0 saturated carbocycles. The first-order valence-electron chi connectivity index (χ1n) is 7.87. The molecule has 0 spiro atoms. The van der Waals surface area contributed by atoms with Crippen LogP contribution >= 0.6 is 0 Å². The Balaban J connectivity index is 2.42. The standard InChI is InChI=1S/C16H33N/c1-5-7-8-9-12-16(4,6-2)17-13-10-11-15(3)14-17/h15H,5-14H2,1-4H3. The van der Waals surface area contributed by atoms with Gasteiger partial charge < -0.3 is 0 Å². The summed E-state index contributed by atoms with van der Waals surface area (Å²) in [4.78, 5) is 2.78. The third-order valence-corrected chi connectivity index (χ3v) is 4.75. The van der Waals surface area contributed by atoms with Crippen molar-refractivity contribution in [1.29, 1.82) is 0 Å². The Labute approximate surface area is 109 Å². The first-order valence-corrected chi connectivity index (χ1v) is 7.87. The Morgan fingerprint density at radius 1 is 1.18 bits per heavy atom. The van der Waals surface area contributed by atoms with Crippen LogP contribution in [0.15, 0.2) is 0 Å². The summed E-state index contributed by atoms with van der Waals surface area (Å²) in [7, 11) is 0. The first-order chi connectivity index (χ1) is 8.12. The van der Waals surface area contributed by atoms with Crippen molar-refractivity contribution in [3.63, 3.8) is 0 Å². The molecule has 0 radical (unpaired) electrons. The molecule has 0 aromatic rings. The number of hydrogen-bond donors (Lipinski definition) is 0. The van der Waals surface area contributed by atoms with Crippen LogP contribution in [-0.2, 0) is 0 Å². The van der Waals surface area contributed by atoms with E-state index < -0.39 is 0 Å². The molecule has 1 nitrogen and oxygen atoms in total. The molecule has 1 rings (SSSR count). The molecule has 1 aliphatic heterocycles. The summed E-state index contributed by atoms with van der Waals surface area (Å²) in [6, 6.07) is 0. The van der Waals surface area contributed by atoms with Gasteiger partial charge >= 0.3 is 0 Å². The minimum absolute atomic E-state index is 0.475. The van der Waals surface area contributed by atoms with Crippen LogP contribution in [0.4, 0.5) is 0 Å². The fourth-order valence-electron chi connectivity index (χ4n) is 3.17. The van der Waals surface area contributed by atoms with Gasteiger partial charge in [-0.15, -0.1) is 0 Å². The SMILES string of the molecule is CCCCCCC(C)(CC)N1CCCC(C)C1. The van der Waals surface area contributed by atoms with Crippen molar-refractivity contribution in [2.45, 2.75) is 84.6 Å². The van der Waals surface area contributed by atoms with Gasteiger partial charge in [0.05, 0.1) is 0 Å². The lowest BCUT2D eigenvalue weighted by atomic mass is 9.86. The molecule has 0 bridgehead atoms. The van der Waals surface area contributed by atoms with Crippen molar-refractivity contribution in [2.75, 3.05) is 13.1 Å². The van der Waals surface area contributed by atoms with E-state index in [2.05, 4.69) is 32.6 Å². The predicted molar refractivity (Wildman–Crippen MR) is 77.4 cm³/mol. The number of rotatable bonds is 7. The summed E-state index contributed by atoms with van der Waals surface area (Å²) in [5.74, 6) is 0.908. The Hall–Kier alpha value is -0.0400. The Morgan fingerprint density at radius 2 is 1.94 bits per heavy atom. The quantitative estimate of drug-likeness (QED) is 0.574. The van der Waals surface area contributed by atoms with Gasteiger partial charge in [0.15, 0.2) is 0 Å². The molecular formula is C16H33N. The summed E-state index contributed by atoms with van der Waals surface area (Å²) >= 11 is 0. The average Bonchev–Trinajstić information content (AvgIpc) is 2.34. The number of piperidine rings is 1. The lowest BCUT2D eigenvalue weighted by Crippen LogP contribution is -2.50. The normalized spacial score (nSPS) is 25.8. The van der Waals surface area contributed by atoms with Gasteiger partial charge in [0.2, 0.25) is 0 Å². The second-order valence-electron chi connectivity index (χ2n) is 6.35. The van der Waals surface area contributed by atoms with Crippen LogP contribution in [0, 0.1) is 5.92 Å². The second kappa shape index (κ2) is 7.41. The molecule has 1 fully saturated rings. The highest BCUT2D eigenvalue weighted by Crippen LogP contribution is 2.30. The highest BCUT2D eigenvalue weighted by molar-refractivity contribution is 4.87. The maximum atomic E-state index is 2.78. The zero-order chi connectivity index (χ0) is 12.7. The topological polar surface area (TPSA) is 3.24 Å². The second-order valence-corrected chi connectivity index (χ2v) is 6.35. The maximum absolute atomic E-state index is 2.78. The highest BCUT2D eigenvalue weighted by Gasteiger charge is 2.31. The average molecular weight is 239 g/mol. The lowest BCUT2D eigenvalue weighted by molar-refractivity contribution is 0.0468. The third-order valence-electron chi connectivity index (χ3n) is 4.75. The van der Waals surface area contributed by atoms with Crippen LogP contribution in [-0.4, -0.2) is 23.5 Å². The molecule has 2 atom stereocenters. The smallest absolute Gasteiger partial charge is 0.0178 e. The van der Waals surface area contributed by atoms with Crippen LogP contribution in [0.25, 0.3) is 0 Å². The van der Waals surface area contributed by atoms with E-state index in [1.807, 2.05) is 0 Å². The molecule has 2 unspecified atom stereocenters. The first kappa shape index (κ1) is 15.0. The molecule has 1 heterocycles. The summed E-state index contributed by atoms with van der Waals surface area (Å²) in [5, 5.41) is 0. The van der Waals surface area contributed by atoms with Crippen molar-refractivity contribution < 1.29 is 0 Å². The molecule has 0 aromatic heterocycles. The van der Waals surface area contributed by atoms with Gasteiger partial charge in [0.1, 0.15) is 0 Å². The molecular weight excluding hydrogens is 206 g/mol. The molecule has 1 heteroatoms. The molecule has 0 amide bonds. The van der Waals surface area contributed by atoms with Crippen molar-refractivity contribution >= 4 is 0 Å². The fraction of sp³-hybridized carbons (Fsp3) is 1.00. The van der Waals surface area contributed by atoms with Crippen LogP contribution < -0.4 is 0 Å².